The van der Waals surface area contributed by atoms with Gasteiger partial charge in [-0.25, -0.2) is 9.18 Å². The fourth-order valence-corrected chi connectivity index (χ4v) is 3.06. The maximum Gasteiger partial charge on any atom is 0.332 e. The molecule has 2 N–H and O–H groups in total. The van der Waals surface area contributed by atoms with Crippen LogP contribution in [0.1, 0.15) is 34.1 Å². The molecule has 0 spiro atoms. The number of aliphatic carboxylic acids is 1. The van der Waals surface area contributed by atoms with Crippen LogP contribution in [-0.2, 0) is 9.53 Å². The SMILES string of the molecule is CC1(C)CC(Nc2cccc(F)c2)(C(=O)O)C(C)(C)O1. The molecule has 0 radical (unpaired) electrons. The summed E-state index contributed by atoms with van der Waals surface area (Å²) in [6.45, 7) is 7.18. The summed E-state index contributed by atoms with van der Waals surface area (Å²) in [5.41, 5.74) is -2.36. The van der Waals surface area contributed by atoms with Crippen molar-refractivity contribution in [3.8, 4) is 0 Å². The summed E-state index contributed by atoms with van der Waals surface area (Å²) < 4.78 is 19.2. The summed E-state index contributed by atoms with van der Waals surface area (Å²) in [5, 5.41) is 12.7. The van der Waals surface area contributed by atoms with Gasteiger partial charge in [-0.3, -0.25) is 0 Å². The van der Waals surface area contributed by atoms with E-state index in [1.807, 2.05) is 13.8 Å². The molecule has 1 saturated heterocycles. The molecule has 4 nitrogen and oxygen atoms in total. The average Bonchev–Trinajstić information content (AvgIpc) is 2.44. The van der Waals surface area contributed by atoms with Crippen molar-refractivity contribution in [2.75, 3.05) is 5.32 Å². The van der Waals surface area contributed by atoms with E-state index >= 15 is 0 Å². The average molecular weight is 281 g/mol. The van der Waals surface area contributed by atoms with Crippen molar-refractivity contribution in [2.45, 2.75) is 50.9 Å². The van der Waals surface area contributed by atoms with Gasteiger partial charge in [0.1, 0.15) is 5.82 Å². The fourth-order valence-electron chi connectivity index (χ4n) is 3.06. The number of benzene rings is 1. The zero-order chi connectivity index (χ0) is 15.2. The van der Waals surface area contributed by atoms with Gasteiger partial charge in [0.25, 0.3) is 0 Å². The summed E-state index contributed by atoms with van der Waals surface area (Å²) in [4.78, 5) is 11.9. The maximum absolute atomic E-state index is 13.3. The normalized spacial score (nSPS) is 27.2. The third-order valence-electron chi connectivity index (χ3n) is 3.80. The van der Waals surface area contributed by atoms with Crippen LogP contribution in [0.3, 0.4) is 0 Å². The van der Waals surface area contributed by atoms with Gasteiger partial charge in [-0.1, -0.05) is 6.07 Å². The lowest BCUT2D eigenvalue weighted by Crippen LogP contribution is -2.58. The van der Waals surface area contributed by atoms with Gasteiger partial charge < -0.3 is 15.2 Å². The molecule has 1 aromatic rings. The van der Waals surface area contributed by atoms with Crippen LogP contribution in [-0.4, -0.2) is 27.8 Å². The molecule has 0 aliphatic carbocycles. The molecule has 5 heteroatoms. The first-order valence-corrected chi connectivity index (χ1v) is 6.55. The summed E-state index contributed by atoms with van der Waals surface area (Å²) in [6, 6.07) is 5.79. The van der Waals surface area contributed by atoms with Gasteiger partial charge >= 0.3 is 5.97 Å². The minimum absolute atomic E-state index is 0.291. The van der Waals surface area contributed by atoms with Crippen LogP contribution in [0.4, 0.5) is 10.1 Å². The molecule has 1 atom stereocenters. The van der Waals surface area contributed by atoms with E-state index in [0.717, 1.165) is 0 Å². The van der Waals surface area contributed by atoms with Gasteiger partial charge in [-0.15, -0.1) is 0 Å². The third kappa shape index (κ3) is 2.38. The van der Waals surface area contributed by atoms with Crippen molar-refractivity contribution in [3.63, 3.8) is 0 Å². The molecule has 2 rings (SSSR count). The van der Waals surface area contributed by atoms with Gasteiger partial charge in [-0.05, 0) is 45.9 Å². The molecule has 0 saturated carbocycles. The zero-order valence-corrected chi connectivity index (χ0v) is 12.2. The van der Waals surface area contributed by atoms with Crippen LogP contribution in [0, 0.1) is 5.82 Å². The molecule has 20 heavy (non-hydrogen) atoms. The molecule has 110 valence electrons. The number of halogens is 1. The molecule has 0 amide bonds. The number of carboxylic acids is 1. The van der Waals surface area contributed by atoms with E-state index in [0.29, 0.717) is 12.1 Å². The van der Waals surface area contributed by atoms with Crippen LogP contribution in [0.2, 0.25) is 0 Å². The Balaban J connectivity index is 2.44. The topological polar surface area (TPSA) is 58.6 Å². The van der Waals surface area contributed by atoms with Crippen LogP contribution in [0.25, 0.3) is 0 Å². The number of ether oxygens (including phenoxy) is 1. The van der Waals surface area contributed by atoms with Gasteiger partial charge in [0, 0.05) is 12.1 Å². The highest BCUT2D eigenvalue weighted by Crippen LogP contribution is 2.47. The Morgan fingerprint density at radius 3 is 2.45 bits per heavy atom. The monoisotopic (exact) mass is 281 g/mol. The van der Waals surface area contributed by atoms with Crippen molar-refractivity contribution < 1.29 is 19.0 Å². The third-order valence-corrected chi connectivity index (χ3v) is 3.80. The molecular formula is C15H20FNO3. The zero-order valence-electron chi connectivity index (χ0n) is 12.2. The van der Waals surface area contributed by atoms with E-state index in [-0.39, 0.29) is 0 Å². The first kappa shape index (κ1) is 14.8. The summed E-state index contributed by atoms with van der Waals surface area (Å²) in [6.07, 6.45) is 0.291. The number of anilines is 1. The van der Waals surface area contributed by atoms with Crippen LogP contribution in [0.5, 0.6) is 0 Å². The Morgan fingerprint density at radius 1 is 1.35 bits per heavy atom. The Morgan fingerprint density at radius 2 is 2.00 bits per heavy atom. The lowest BCUT2D eigenvalue weighted by atomic mass is 9.78. The fraction of sp³-hybridized carbons (Fsp3) is 0.533. The predicted octanol–water partition coefficient (Wildman–Crippen LogP) is 3.04. The van der Waals surface area contributed by atoms with E-state index in [1.165, 1.54) is 12.1 Å². The first-order valence-electron chi connectivity index (χ1n) is 6.55. The van der Waals surface area contributed by atoms with Crippen molar-refractivity contribution in [2.24, 2.45) is 0 Å². The van der Waals surface area contributed by atoms with Gasteiger partial charge in [0.05, 0.1) is 11.2 Å². The van der Waals surface area contributed by atoms with E-state index in [4.69, 9.17) is 4.74 Å². The minimum atomic E-state index is -1.30. The molecule has 0 aromatic heterocycles. The second-order valence-electron chi connectivity index (χ2n) is 6.39. The maximum atomic E-state index is 13.3. The number of hydrogen-bond donors (Lipinski definition) is 2. The van der Waals surface area contributed by atoms with E-state index in [2.05, 4.69) is 5.32 Å². The summed E-state index contributed by atoms with van der Waals surface area (Å²) in [5.74, 6) is -1.41. The van der Waals surface area contributed by atoms with Crippen LogP contribution >= 0.6 is 0 Å². The predicted molar refractivity (Wildman–Crippen MR) is 74.2 cm³/mol. The van der Waals surface area contributed by atoms with Gasteiger partial charge in [-0.2, -0.15) is 0 Å². The molecular weight excluding hydrogens is 261 g/mol. The number of carboxylic acid groups (broad SMARTS) is 1. The van der Waals surface area contributed by atoms with E-state index in [1.54, 1.807) is 26.0 Å². The lowest BCUT2D eigenvalue weighted by Gasteiger charge is -2.37. The smallest absolute Gasteiger partial charge is 0.332 e. The highest BCUT2D eigenvalue weighted by atomic mass is 19.1. The second-order valence-corrected chi connectivity index (χ2v) is 6.39. The lowest BCUT2D eigenvalue weighted by molar-refractivity contribution is -0.149. The van der Waals surface area contributed by atoms with Crippen molar-refractivity contribution in [1.82, 2.24) is 0 Å². The van der Waals surface area contributed by atoms with E-state index in [9.17, 15) is 14.3 Å². The highest BCUT2D eigenvalue weighted by molar-refractivity contribution is 5.85. The van der Waals surface area contributed by atoms with Gasteiger partial charge in [0.15, 0.2) is 5.54 Å². The molecule has 1 heterocycles. The molecule has 1 aromatic carbocycles. The van der Waals surface area contributed by atoms with Crippen molar-refractivity contribution in [3.05, 3.63) is 30.1 Å². The first-order chi connectivity index (χ1) is 9.08. The van der Waals surface area contributed by atoms with E-state index < -0.39 is 28.5 Å². The van der Waals surface area contributed by atoms with Gasteiger partial charge in [0.2, 0.25) is 0 Å². The Hall–Kier alpha value is -1.62. The van der Waals surface area contributed by atoms with Crippen LogP contribution < -0.4 is 5.32 Å². The second kappa shape index (κ2) is 4.45. The Kier molecular flexibility index (Phi) is 3.29. The standard InChI is InChI=1S/C15H20FNO3/c1-13(2)9-15(12(18)19,14(3,4)20-13)17-11-7-5-6-10(16)8-11/h5-8,17H,9H2,1-4H3,(H,18,19). The highest BCUT2D eigenvalue weighted by Gasteiger charge is 2.62. The quantitative estimate of drug-likeness (QED) is 0.894. The van der Waals surface area contributed by atoms with Crippen molar-refractivity contribution >= 4 is 11.7 Å². The molecule has 0 bridgehead atoms. The number of nitrogens with one attached hydrogen (secondary N) is 1. The summed E-state index contributed by atoms with van der Waals surface area (Å²) >= 11 is 0. The Bertz CT molecular complexity index is 542. The molecule has 1 aliphatic rings. The minimum Gasteiger partial charge on any atom is -0.479 e. The molecule has 1 unspecified atom stereocenters. The summed E-state index contributed by atoms with van der Waals surface area (Å²) in [7, 11) is 0. The molecule has 1 aliphatic heterocycles. The molecule has 1 fully saturated rings. The Labute approximate surface area is 117 Å². The largest absolute Gasteiger partial charge is 0.479 e. The number of rotatable bonds is 3. The number of hydrogen-bond acceptors (Lipinski definition) is 3. The van der Waals surface area contributed by atoms with Crippen LogP contribution in [0.15, 0.2) is 24.3 Å². The van der Waals surface area contributed by atoms with Crippen molar-refractivity contribution in [1.29, 1.82) is 0 Å². The number of carbonyl (C=O) groups is 1.